The first-order valence-electron chi connectivity index (χ1n) is 18.3. The molecule has 0 aliphatic heterocycles. The van der Waals surface area contributed by atoms with Gasteiger partial charge >= 0.3 is 0 Å². The van der Waals surface area contributed by atoms with E-state index in [0.717, 1.165) is 39.3 Å². The third kappa shape index (κ3) is 4.33. The van der Waals surface area contributed by atoms with Gasteiger partial charge in [-0.15, -0.1) is 0 Å². The molecule has 1 aromatic heterocycles. The first-order valence-corrected chi connectivity index (χ1v) is 18.3. The van der Waals surface area contributed by atoms with Crippen LogP contribution >= 0.6 is 0 Å². The molecule has 0 bridgehead atoms. The number of hydrogen-bond donors (Lipinski definition) is 0. The van der Waals surface area contributed by atoms with Crippen LogP contribution in [-0.4, -0.2) is 9.97 Å². The van der Waals surface area contributed by atoms with Crippen molar-refractivity contribution in [3.63, 3.8) is 0 Å². The second kappa shape index (κ2) is 11.6. The minimum absolute atomic E-state index is 0.381. The molecule has 11 rings (SSSR count). The van der Waals surface area contributed by atoms with E-state index in [9.17, 15) is 0 Å². The lowest BCUT2D eigenvalue weighted by atomic mass is 9.70. The lowest BCUT2D eigenvalue weighted by Gasteiger charge is -2.30. The van der Waals surface area contributed by atoms with Crippen LogP contribution in [0.1, 0.15) is 22.3 Å². The summed E-state index contributed by atoms with van der Waals surface area (Å²) in [5.41, 5.74) is 17.7. The molecule has 0 saturated carbocycles. The van der Waals surface area contributed by atoms with E-state index in [2.05, 4.69) is 170 Å². The van der Waals surface area contributed by atoms with Crippen molar-refractivity contribution >= 4 is 10.8 Å². The van der Waals surface area contributed by atoms with E-state index in [4.69, 9.17) is 9.97 Å². The summed E-state index contributed by atoms with van der Waals surface area (Å²) in [6.45, 7) is 0. The van der Waals surface area contributed by atoms with Crippen LogP contribution in [0.25, 0.3) is 78.1 Å². The Balaban J connectivity index is 1.12. The van der Waals surface area contributed by atoms with E-state index in [1.54, 1.807) is 0 Å². The normalized spacial score (nSPS) is 13.1. The number of nitrogens with zero attached hydrogens (tertiary/aromatic N) is 2. The molecular formula is C51H32N2. The summed E-state index contributed by atoms with van der Waals surface area (Å²) in [5, 5.41) is 2.36. The number of aromatic nitrogens is 2. The SMILES string of the molecule is c1ccc(-c2cc(-c3ccc(-c4ccc5c(c4)C4(c6ccccc6-c6ccccc64)c4ccccc4-5)c4ccccc34)nc(-c3ccccc3)n2)cc1. The van der Waals surface area contributed by atoms with Gasteiger partial charge in [-0.3, -0.25) is 0 Å². The summed E-state index contributed by atoms with van der Waals surface area (Å²) in [6.07, 6.45) is 0. The monoisotopic (exact) mass is 672 g/mol. The highest BCUT2D eigenvalue weighted by Gasteiger charge is 2.51. The van der Waals surface area contributed by atoms with Crippen LogP contribution in [0.3, 0.4) is 0 Å². The average molecular weight is 673 g/mol. The molecule has 0 fully saturated rings. The van der Waals surface area contributed by atoms with Gasteiger partial charge in [0.05, 0.1) is 16.8 Å². The Morgan fingerprint density at radius 2 is 0.736 bits per heavy atom. The molecule has 0 amide bonds. The minimum atomic E-state index is -0.381. The molecule has 2 aliphatic carbocycles. The van der Waals surface area contributed by atoms with E-state index in [1.165, 1.54) is 61.0 Å². The average Bonchev–Trinajstić information content (AvgIpc) is 3.71. The van der Waals surface area contributed by atoms with Gasteiger partial charge < -0.3 is 0 Å². The van der Waals surface area contributed by atoms with Gasteiger partial charge in [-0.25, -0.2) is 9.97 Å². The van der Waals surface area contributed by atoms with E-state index in [1.807, 2.05) is 24.3 Å². The van der Waals surface area contributed by atoms with Gasteiger partial charge in [0.25, 0.3) is 0 Å². The van der Waals surface area contributed by atoms with Crippen LogP contribution in [-0.2, 0) is 5.41 Å². The smallest absolute Gasteiger partial charge is 0.160 e. The molecule has 0 atom stereocenters. The van der Waals surface area contributed by atoms with Crippen molar-refractivity contribution in [1.82, 2.24) is 9.97 Å². The molecule has 1 spiro atoms. The molecular weight excluding hydrogens is 641 g/mol. The molecule has 0 saturated heterocycles. The zero-order valence-corrected chi connectivity index (χ0v) is 28.9. The largest absolute Gasteiger partial charge is 0.228 e. The summed E-state index contributed by atoms with van der Waals surface area (Å²) in [6, 6.07) is 70.2. The van der Waals surface area contributed by atoms with Crippen LogP contribution in [0.4, 0.5) is 0 Å². The summed E-state index contributed by atoms with van der Waals surface area (Å²) in [7, 11) is 0. The topological polar surface area (TPSA) is 25.8 Å². The third-order valence-corrected chi connectivity index (χ3v) is 11.3. The molecule has 2 aliphatic rings. The Morgan fingerprint density at radius 1 is 0.283 bits per heavy atom. The van der Waals surface area contributed by atoms with E-state index in [-0.39, 0.29) is 5.41 Å². The van der Waals surface area contributed by atoms with Crippen molar-refractivity contribution in [2.24, 2.45) is 0 Å². The van der Waals surface area contributed by atoms with Gasteiger partial charge in [0, 0.05) is 16.7 Å². The van der Waals surface area contributed by atoms with Crippen molar-refractivity contribution in [3.05, 3.63) is 216 Å². The molecule has 9 aromatic rings. The summed E-state index contributed by atoms with van der Waals surface area (Å²) < 4.78 is 0. The molecule has 0 N–H and O–H groups in total. The fraction of sp³-hybridized carbons (Fsp3) is 0.0196. The second-order valence-electron chi connectivity index (χ2n) is 14.0. The summed E-state index contributed by atoms with van der Waals surface area (Å²) >= 11 is 0. The fourth-order valence-electron chi connectivity index (χ4n) is 9.09. The minimum Gasteiger partial charge on any atom is -0.228 e. The van der Waals surface area contributed by atoms with Crippen LogP contribution in [0.2, 0.25) is 0 Å². The molecule has 0 radical (unpaired) electrons. The molecule has 2 nitrogen and oxygen atoms in total. The Kier molecular flexibility index (Phi) is 6.50. The molecule has 53 heavy (non-hydrogen) atoms. The lowest BCUT2D eigenvalue weighted by Crippen LogP contribution is -2.25. The Labute approximate surface area is 308 Å². The van der Waals surface area contributed by atoms with E-state index in [0.29, 0.717) is 0 Å². The van der Waals surface area contributed by atoms with Gasteiger partial charge in [0.1, 0.15) is 0 Å². The third-order valence-electron chi connectivity index (χ3n) is 11.3. The highest BCUT2D eigenvalue weighted by atomic mass is 14.9. The van der Waals surface area contributed by atoms with Gasteiger partial charge in [-0.1, -0.05) is 182 Å². The van der Waals surface area contributed by atoms with Crippen molar-refractivity contribution in [2.45, 2.75) is 5.41 Å². The Morgan fingerprint density at radius 3 is 1.36 bits per heavy atom. The summed E-state index contributed by atoms with van der Waals surface area (Å²) in [4.78, 5) is 10.3. The maximum Gasteiger partial charge on any atom is 0.160 e. The van der Waals surface area contributed by atoms with Gasteiger partial charge in [0.15, 0.2) is 5.82 Å². The zero-order chi connectivity index (χ0) is 34.9. The van der Waals surface area contributed by atoms with Crippen LogP contribution in [0, 0.1) is 0 Å². The van der Waals surface area contributed by atoms with Gasteiger partial charge in [-0.05, 0) is 78.5 Å². The molecule has 2 heteroatoms. The Bertz CT molecular complexity index is 2770. The second-order valence-corrected chi connectivity index (χ2v) is 14.0. The number of rotatable bonds is 4. The van der Waals surface area contributed by atoms with Crippen LogP contribution in [0.5, 0.6) is 0 Å². The van der Waals surface area contributed by atoms with E-state index < -0.39 is 0 Å². The highest BCUT2D eigenvalue weighted by Crippen LogP contribution is 2.63. The Hall–Kier alpha value is -6.90. The van der Waals surface area contributed by atoms with Crippen molar-refractivity contribution in [3.8, 4) is 67.3 Å². The summed E-state index contributed by atoms with van der Waals surface area (Å²) in [5.74, 6) is 0.718. The molecule has 246 valence electrons. The van der Waals surface area contributed by atoms with Crippen molar-refractivity contribution < 1.29 is 0 Å². The maximum absolute atomic E-state index is 5.20. The zero-order valence-electron chi connectivity index (χ0n) is 28.9. The number of hydrogen-bond acceptors (Lipinski definition) is 2. The van der Waals surface area contributed by atoms with Crippen molar-refractivity contribution in [2.75, 3.05) is 0 Å². The lowest BCUT2D eigenvalue weighted by molar-refractivity contribution is 0.794. The fourth-order valence-corrected chi connectivity index (χ4v) is 9.09. The van der Waals surface area contributed by atoms with Crippen LogP contribution < -0.4 is 0 Å². The quantitative estimate of drug-likeness (QED) is 0.186. The van der Waals surface area contributed by atoms with Gasteiger partial charge in [-0.2, -0.15) is 0 Å². The predicted molar refractivity (Wildman–Crippen MR) is 218 cm³/mol. The first-order chi connectivity index (χ1) is 26.3. The van der Waals surface area contributed by atoms with Crippen molar-refractivity contribution in [1.29, 1.82) is 0 Å². The maximum atomic E-state index is 5.20. The first kappa shape index (κ1) is 29.8. The number of benzene rings is 8. The number of fused-ring (bicyclic) bond motifs is 11. The molecule has 1 heterocycles. The highest BCUT2D eigenvalue weighted by molar-refractivity contribution is 6.05. The van der Waals surface area contributed by atoms with E-state index >= 15 is 0 Å². The predicted octanol–water partition coefficient (Wildman–Crippen LogP) is 12.6. The van der Waals surface area contributed by atoms with Gasteiger partial charge in [0.2, 0.25) is 0 Å². The van der Waals surface area contributed by atoms with Crippen LogP contribution in [0.15, 0.2) is 194 Å². The standard InChI is InChI=1S/C51H32N2/c1-3-15-33(16-4-1)48-32-49(53-50(52-48)34-17-5-2-6-18-34)43-30-29-36(37-19-7-8-20-38(37)43)35-27-28-42-41-23-11-14-26-46(41)51(47(42)31-35)44-24-12-9-21-39(44)40-22-10-13-25-45(40)51/h1-32H. The molecule has 8 aromatic carbocycles. The molecule has 0 unspecified atom stereocenters.